The van der Waals surface area contributed by atoms with E-state index in [1.54, 1.807) is 12.3 Å². The third kappa shape index (κ3) is 2.70. The summed E-state index contributed by atoms with van der Waals surface area (Å²) >= 11 is 0. The molecule has 0 bridgehead atoms. The van der Waals surface area contributed by atoms with Gasteiger partial charge in [0.15, 0.2) is 0 Å². The number of para-hydroxylation sites is 1. The second-order valence-corrected chi connectivity index (χ2v) is 5.22. The summed E-state index contributed by atoms with van der Waals surface area (Å²) in [5, 5.41) is 0. The number of rotatable bonds is 6. The Labute approximate surface area is 118 Å². The zero-order valence-corrected chi connectivity index (χ0v) is 11.4. The maximum Gasteiger partial charge on any atom is 0.146 e. The molecule has 2 aromatic rings. The highest BCUT2D eigenvalue weighted by Gasteiger charge is 2.32. The quantitative estimate of drug-likeness (QED) is 0.880. The Bertz CT molecular complexity index is 564. The van der Waals surface area contributed by atoms with Crippen molar-refractivity contribution in [3.63, 3.8) is 0 Å². The monoisotopic (exact) mass is 274 g/mol. The fraction of sp³-hybridized carbons (Fsp3) is 0.375. The molecular formula is C16H19FN2O. The fourth-order valence-electron chi connectivity index (χ4n) is 2.59. The highest BCUT2D eigenvalue weighted by Crippen LogP contribution is 2.36. The first kappa shape index (κ1) is 13.2. The van der Waals surface area contributed by atoms with E-state index in [4.69, 9.17) is 10.2 Å². The van der Waals surface area contributed by atoms with Gasteiger partial charge < -0.3 is 15.1 Å². The van der Waals surface area contributed by atoms with E-state index in [2.05, 4.69) is 4.90 Å². The molecule has 0 saturated heterocycles. The van der Waals surface area contributed by atoms with E-state index < -0.39 is 0 Å². The number of benzene rings is 1. The van der Waals surface area contributed by atoms with Gasteiger partial charge in [0.1, 0.15) is 11.6 Å². The topological polar surface area (TPSA) is 42.4 Å². The summed E-state index contributed by atoms with van der Waals surface area (Å²) < 4.78 is 19.7. The number of furan rings is 1. The fourth-order valence-corrected chi connectivity index (χ4v) is 2.59. The van der Waals surface area contributed by atoms with Crippen molar-refractivity contribution < 1.29 is 8.81 Å². The minimum absolute atomic E-state index is 0.172. The number of hydrogen-bond donors (Lipinski definition) is 1. The molecule has 0 aliphatic heterocycles. The van der Waals surface area contributed by atoms with Crippen LogP contribution in [0.5, 0.6) is 0 Å². The van der Waals surface area contributed by atoms with Crippen molar-refractivity contribution >= 4 is 5.69 Å². The Morgan fingerprint density at radius 2 is 2.10 bits per heavy atom. The van der Waals surface area contributed by atoms with E-state index in [-0.39, 0.29) is 5.82 Å². The predicted molar refractivity (Wildman–Crippen MR) is 77.1 cm³/mol. The van der Waals surface area contributed by atoms with Crippen molar-refractivity contribution in [2.24, 2.45) is 5.73 Å². The van der Waals surface area contributed by atoms with Crippen molar-refractivity contribution in [2.45, 2.75) is 31.8 Å². The van der Waals surface area contributed by atoms with Crippen LogP contribution in [-0.2, 0) is 13.0 Å². The molecule has 1 heterocycles. The van der Waals surface area contributed by atoms with Gasteiger partial charge in [0.2, 0.25) is 0 Å². The first-order valence-corrected chi connectivity index (χ1v) is 7.06. The molecule has 1 fully saturated rings. The summed E-state index contributed by atoms with van der Waals surface area (Å²) in [5.41, 5.74) is 7.32. The third-order valence-corrected chi connectivity index (χ3v) is 3.67. The third-order valence-electron chi connectivity index (χ3n) is 3.67. The molecule has 3 nitrogen and oxygen atoms in total. The molecule has 0 amide bonds. The van der Waals surface area contributed by atoms with E-state index in [9.17, 15) is 4.39 Å². The predicted octanol–water partition coefficient (Wildman–Crippen LogP) is 3.09. The smallest absolute Gasteiger partial charge is 0.146 e. The van der Waals surface area contributed by atoms with E-state index >= 15 is 0 Å². The summed E-state index contributed by atoms with van der Waals surface area (Å²) in [7, 11) is 0. The van der Waals surface area contributed by atoms with Crippen LogP contribution in [0, 0.1) is 5.82 Å². The van der Waals surface area contributed by atoms with Crippen LogP contribution in [0.2, 0.25) is 0 Å². The van der Waals surface area contributed by atoms with Crippen LogP contribution in [0.25, 0.3) is 0 Å². The molecule has 3 rings (SSSR count). The molecular weight excluding hydrogens is 255 g/mol. The Hall–Kier alpha value is -1.81. The maximum atomic E-state index is 14.3. The van der Waals surface area contributed by atoms with Crippen molar-refractivity contribution in [2.75, 3.05) is 11.4 Å². The number of nitrogens with zero attached hydrogens (tertiary/aromatic N) is 1. The van der Waals surface area contributed by atoms with Crippen molar-refractivity contribution in [1.29, 1.82) is 0 Å². The van der Waals surface area contributed by atoms with Gasteiger partial charge in [-0.05, 0) is 49.6 Å². The molecule has 1 saturated carbocycles. The van der Waals surface area contributed by atoms with Gasteiger partial charge in [-0.1, -0.05) is 12.1 Å². The van der Waals surface area contributed by atoms with Gasteiger partial charge in [-0.15, -0.1) is 0 Å². The SMILES string of the molecule is NCCc1cccc(F)c1N(Cc1ccco1)C1CC1. The van der Waals surface area contributed by atoms with Crippen LogP contribution in [0.3, 0.4) is 0 Å². The molecule has 1 aromatic carbocycles. The summed E-state index contributed by atoms with van der Waals surface area (Å²) in [6.45, 7) is 1.13. The molecule has 0 spiro atoms. The summed E-state index contributed by atoms with van der Waals surface area (Å²) in [6.07, 6.45) is 4.56. The van der Waals surface area contributed by atoms with Gasteiger partial charge in [0.25, 0.3) is 0 Å². The zero-order valence-electron chi connectivity index (χ0n) is 11.4. The molecule has 106 valence electrons. The number of nitrogens with two attached hydrogens (primary N) is 1. The largest absolute Gasteiger partial charge is 0.467 e. The van der Waals surface area contributed by atoms with Crippen LogP contribution in [0.15, 0.2) is 41.0 Å². The number of halogens is 1. The highest BCUT2D eigenvalue weighted by atomic mass is 19.1. The van der Waals surface area contributed by atoms with Crippen molar-refractivity contribution in [1.82, 2.24) is 0 Å². The van der Waals surface area contributed by atoms with Gasteiger partial charge >= 0.3 is 0 Å². The second kappa shape index (κ2) is 5.67. The molecule has 0 atom stereocenters. The molecule has 2 N–H and O–H groups in total. The van der Waals surface area contributed by atoms with Gasteiger partial charge in [-0.2, -0.15) is 0 Å². The summed E-state index contributed by atoms with van der Waals surface area (Å²) in [4.78, 5) is 2.12. The lowest BCUT2D eigenvalue weighted by molar-refractivity contribution is 0.498. The number of anilines is 1. The normalized spacial score (nSPS) is 14.5. The van der Waals surface area contributed by atoms with Crippen LogP contribution in [-0.4, -0.2) is 12.6 Å². The Kier molecular flexibility index (Phi) is 3.74. The second-order valence-electron chi connectivity index (χ2n) is 5.22. The van der Waals surface area contributed by atoms with Crippen LogP contribution in [0.1, 0.15) is 24.2 Å². The molecule has 4 heteroatoms. The minimum Gasteiger partial charge on any atom is -0.467 e. The zero-order chi connectivity index (χ0) is 13.9. The first-order valence-electron chi connectivity index (χ1n) is 7.06. The number of hydrogen-bond acceptors (Lipinski definition) is 3. The molecule has 1 aromatic heterocycles. The first-order chi connectivity index (χ1) is 9.79. The minimum atomic E-state index is -0.172. The highest BCUT2D eigenvalue weighted by molar-refractivity contribution is 5.57. The van der Waals surface area contributed by atoms with Gasteiger partial charge in [-0.3, -0.25) is 0 Å². The van der Waals surface area contributed by atoms with Gasteiger partial charge in [0.05, 0.1) is 18.5 Å². The average Bonchev–Trinajstić information content (AvgIpc) is 3.15. The van der Waals surface area contributed by atoms with Crippen LogP contribution in [0.4, 0.5) is 10.1 Å². The van der Waals surface area contributed by atoms with E-state index in [0.717, 1.165) is 24.2 Å². The van der Waals surface area contributed by atoms with Crippen LogP contribution >= 0.6 is 0 Å². The van der Waals surface area contributed by atoms with Crippen LogP contribution < -0.4 is 10.6 Å². The van der Waals surface area contributed by atoms with E-state index in [0.29, 0.717) is 31.2 Å². The molecule has 0 radical (unpaired) electrons. The standard InChI is InChI=1S/C16H19FN2O/c17-15-5-1-3-12(8-9-18)16(15)19(13-6-7-13)11-14-4-2-10-20-14/h1-5,10,13H,6-9,11,18H2. The molecule has 1 aliphatic rings. The molecule has 20 heavy (non-hydrogen) atoms. The lowest BCUT2D eigenvalue weighted by Crippen LogP contribution is -2.27. The van der Waals surface area contributed by atoms with E-state index in [1.165, 1.54) is 6.07 Å². The Balaban J connectivity index is 1.94. The lowest BCUT2D eigenvalue weighted by Gasteiger charge is -2.26. The Morgan fingerprint density at radius 1 is 1.25 bits per heavy atom. The average molecular weight is 274 g/mol. The Morgan fingerprint density at radius 3 is 2.75 bits per heavy atom. The molecule has 1 aliphatic carbocycles. The van der Waals surface area contributed by atoms with E-state index in [1.807, 2.05) is 18.2 Å². The van der Waals surface area contributed by atoms with Crippen molar-refractivity contribution in [3.05, 3.63) is 53.7 Å². The van der Waals surface area contributed by atoms with Crippen molar-refractivity contribution in [3.8, 4) is 0 Å². The summed E-state index contributed by atoms with van der Waals surface area (Å²) in [5.74, 6) is 0.688. The molecule has 0 unspecified atom stereocenters. The van der Waals surface area contributed by atoms with Gasteiger partial charge in [0, 0.05) is 6.04 Å². The summed E-state index contributed by atoms with van der Waals surface area (Å²) in [6, 6.07) is 9.44. The lowest BCUT2D eigenvalue weighted by atomic mass is 10.1. The van der Waals surface area contributed by atoms with Gasteiger partial charge in [-0.25, -0.2) is 4.39 Å². The maximum absolute atomic E-state index is 14.3.